The summed E-state index contributed by atoms with van der Waals surface area (Å²) in [7, 11) is 0. The van der Waals surface area contributed by atoms with E-state index in [0.717, 1.165) is 10.9 Å². The van der Waals surface area contributed by atoms with Gasteiger partial charge >= 0.3 is 0 Å². The van der Waals surface area contributed by atoms with Crippen LogP contribution in [0.3, 0.4) is 0 Å². The van der Waals surface area contributed by atoms with Gasteiger partial charge in [-0.2, -0.15) is 5.10 Å². The number of hydrogen-bond donors (Lipinski definition) is 1. The molecule has 1 aromatic heterocycles. The molecule has 0 saturated carbocycles. The Labute approximate surface area is 114 Å². The van der Waals surface area contributed by atoms with Crippen molar-refractivity contribution in [2.24, 2.45) is 0 Å². The molecule has 1 amide bonds. The first-order valence-corrected chi connectivity index (χ1v) is 6.52. The molecule has 0 bridgehead atoms. The lowest BCUT2D eigenvalue weighted by Gasteiger charge is -2.06. The second-order valence-corrected chi connectivity index (χ2v) is 4.75. The SMILES string of the molecule is O=C(Cn1cccn1)NCCc1ccccc1Br. The molecule has 1 heterocycles. The molecule has 0 aliphatic heterocycles. The van der Waals surface area contributed by atoms with Crippen LogP contribution in [0.15, 0.2) is 47.2 Å². The van der Waals surface area contributed by atoms with Crippen molar-refractivity contribution in [2.75, 3.05) is 6.54 Å². The number of hydrogen-bond acceptors (Lipinski definition) is 2. The first-order chi connectivity index (χ1) is 8.75. The van der Waals surface area contributed by atoms with E-state index in [-0.39, 0.29) is 12.5 Å². The minimum atomic E-state index is -0.0225. The normalized spacial score (nSPS) is 10.3. The first-order valence-electron chi connectivity index (χ1n) is 5.73. The van der Waals surface area contributed by atoms with Crippen LogP contribution < -0.4 is 5.32 Å². The van der Waals surface area contributed by atoms with Gasteiger partial charge in [0.1, 0.15) is 6.54 Å². The standard InChI is InChI=1S/C13H14BrN3O/c14-12-5-2-1-4-11(12)6-8-15-13(18)10-17-9-3-7-16-17/h1-5,7,9H,6,8,10H2,(H,15,18). The molecule has 18 heavy (non-hydrogen) atoms. The van der Waals surface area contributed by atoms with E-state index < -0.39 is 0 Å². The Kier molecular flexibility index (Phi) is 4.52. The van der Waals surface area contributed by atoms with Gasteiger partial charge in [0, 0.05) is 23.4 Å². The van der Waals surface area contributed by atoms with Crippen LogP contribution in [0.4, 0.5) is 0 Å². The molecule has 0 aliphatic rings. The summed E-state index contributed by atoms with van der Waals surface area (Å²) in [4.78, 5) is 11.6. The van der Waals surface area contributed by atoms with Crippen LogP contribution in [0.5, 0.6) is 0 Å². The molecule has 0 saturated heterocycles. The van der Waals surface area contributed by atoms with Crippen LogP contribution in [-0.4, -0.2) is 22.2 Å². The first kappa shape index (κ1) is 12.8. The van der Waals surface area contributed by atoms with Gasteiger partial charge in [-0.25, -0.2) is 0 Å². The number of rotatable bonds is 5. The van der Waals surface area contributed by atoms with Crippen LogP contribution >= 0.6 is 15.9 Å². The molecule has 0 spiro atoms. The fraction of sp³-hybridized carbons (Fsp3) is 0.231. The van der Waals surface area contributed by atoms with E-state index in [1.54, 1.807) is 23.1 Å². The largest absolute Gasteiger partial charge is 0.354 e. The van der Waals surface area contributed by atoms with Crippen molar-refractivity contribution in [2.45, 2.75) is 13.0 Å². The lowest BCUT2D eigenvalue weighted by molar-refractivity contribution is -0.121. The number of aromatic nitrogens is 2. The van der Waals surface area contributed by atoms with Gasteiger partial charge in [-0.1, -0.05) is 34.1 Å². The number of carbonyl (C=O) groups excluding carboxylic acids is 1. The zero-order chi connectivity index (χ0) is 12.8. The molecule has 0 atom stereocenters. The van der Waals surface area contributed by atoms with Gasteiger partial charge < -0.3 is 5.32 Å². The number of carbonyl (C=O) groups is 1. The predicted octanol–water partition coefficient (Wildman–Crippen LogP) is 2.00. The summed E-state index contributed by atoms with van der Waals surface area (Å²) in [5.41, 5.74) is 1.19. The summed E-state index contributed by atoms with van der Waals surface area (Å²) in [6, 6.07) is 9.81. The van der Waals surface area contributed by atoms with Crippen molar-refractivity contribution < 1.29 is 4.79 Å². The van der Waals surface area contributed by atoms with Crippen molar-refractivity contribution in [3.05, 3.63) is 52.8 Å². The molecule has 0 unspecified atom stereocenters. The zero-order valence-corrected chi connectivity index (χ0v) is 11.4. The average molecular weight is 308 g/mol. The average Bonchev–Trinajstić information content (AvgIpc) is 2.84. The third-order valence-electron chi connectivity index (χ3n) is 2.54. The minimum absolute atomic E-state index is 0.0225. The summed E-state index contributed by atoms with van der Waals surface area (Å²) in [5, 5.41) is 6.86. The van der Waals surface area contributed by atoms with Crippen LogP contribution in [0.1, 0.15) is 5.56 Å². The highest BCUT2D eigenvalue weighted by atomic mass is 79.9. The van der Waals surface area contributed by atoms with Crippen LogP contribution in [0.25, 0.3) is 0 Å². The highest BCUT2D eigenvalue weighted by molar-refractivity contribution is 9.10. The molecular formula is C13H14BrN3O. The van der Waals surface area contributed by atoms with E-state index >= 15 is 0 Å². The van der Waals surface area contributed by atoms with E-state index in [1.165, 1.54) is 5.56 Å². The maximum Gasteiger partial charge on any atom is 0.241 e. The molecule has 94 valence electrons. The molecule has 1 aromatic carbocycles. The highest BCUT2D eigenvalue weighted by Crippen LogP contribution is 2.15. The number of halogens is 1. The fourth-order valence-corrected chi connectivity index (χ4v) is 2.12. The fourth-order valence-electron chi connectivity index (χ4n) is 1.63. The Morgan fingerprint density at radius 3 is 2.89 bits per heavy atom. The summed E-state index contributed by atoms with van der Waals surface area (Å²) in [6.45, 7) is 0.895. The predicted molar refractivity (Wildman–Crippen MR) is 73.1 cm³/mol. The van der Waals surface area contributed by atoms with Crippen molar-refractivity contribution in [3.8, 4) is 0 Å². The topological polar surface area (TPSA) is 46.9 Å². The molecule has 5 heteroatoms. The smallest absolute Gasteiger partial charge is 0.241 e. The summed E-state index contributed by atoms with van der Waals surface area (Å²) < 4.78 is 2.68. The van der Waals surface area contributed by atoms with Gasteiger partial charge in [0.15, 0.2) is 0 Å². The molecule has 0 aliphatic carbocycles. The van der Waals surface area contributed by atoms with E-state index in [2.05, 4.69) is 26.3 Å². The van der Waals surface area contributed by atoms with Gasteiger partial charge in [-0.05, 0) is 24.1 Å². The molecule has 0 radical (unpaired) electrons. The van der Waals surface area contributed by atoms with Crippen molar-refractivity contribution in [1.82, 2.24) is 15.1 Å². The van der Waals surface area contributed by atoms with Gasteiger partial charge in [-0.3, -0.25) is 9.48 Å². The van der Waals surface area contributed by atoms with Gasteiger partial charge in [0.2, 0.25) is 5.91 Å². The molecule has 2 rings (SSSR count). The number of benzene rings is 1. The van der Waals surface area contributed by atoms with E-state index in [9.17, 15) is 4.79 Å². The van der Waals surface area contributed by atoms with Crippen LogP contribution in [0, 0.1) is 0 Å². The lowest BCUT2D eigenvalue weighted by Crippen LogP contribution is -2.29. The molecular weight excluding hydrogens is 294 g/mol. The van der Waals surface area contributed by atoms with Crippen molar-refractivity contribution in [3.63, 3.8) is 0 Å². The Bertz CT molecular complexity index is 511. The molecule has 2 aromatic rings. The van der Waals surface area contributed by atoms with Crippen LogP contribution in [-0.2, 0) is 17.8 Å². The van der Waals surface area contributed by atoms with Gasteiger partial charge in [0.25, 0.3) is 0 Å². The molecule has 1 N–H and O–H groups in total. The minimum Gasteiger partial charge on any atom is -0.354 e. The maximum atomic E-state index is 11.6. The Morgan fingerprint density at radius 2 is 2.17 bits per heavy atom. The van der Waals surface area contributed by atoms with Gasteiger partial charge in [0.05, 0.1) is 0 Å². The highest BCUT2D eigenvalue weighted by Gasteiger charge is 2.03. The summed E-state index contributed by atoms with van der Waals surface area (Å²) in [5.74, 6) is -0.0225. The maximum absolute atomic E-state index is 11.6. The third kappa shape index (κ3) is 3.70. The second kappa shape index (κ2) is 6.35. The zero-order valence-electron chi connectivity index (χ0n) is 9.84. The number of nitrogens with zero attached hydrogens (tertiary/aromatic N) is 2. The Hall–Kier alpha value is -1.62. The number of amides is 1. The summed E-state index contributed by atoms with van der Waals surface area (Å²) >= 11 is 3.49. The van der Waals surface area contributed by atoms with Crippen LogP contribution in [0.2, 0.25) is 0 Å². The monoisotopic (exact) mass is 307 g/mol. The third-order valence-corrected chi connectivity index (χ3v) is 3.31. The van der Waals surface area contributed by atoms with E-state index in [4.69, 9.17) is 0 Å². The van der Waals surface area contributed by atoms with Gasteiger partial charge in [-0.15, -0.1) is 0 Å². The Morgan fingerprint density at radius 1 is 1.33 bits per heavy atom. The van der Waals surface area contributed by atoms with Crippen molar-refractivity contribution >= 4 is 21.8 Å². The summed E-state index contributed by atoms with van der Waals surface area (Å²) in [6.07, 6.45) is 4.24. The molecule has 0 fully saturated rings. The Balaban J connectivity index is 1.75. The second-order valence-electron chi connectivity index (χ2n) is 3.90. The molecule has 4 nitrogen and oxygen atoms in total. The lowest BCUT2D eigenvalue weighted by atomic mass is 10.1. The quantitative estimate of drug-likeness (QED) is 0.918. The van der Waals surface area contributed by atoms with Crippen molar-refractivity contribution in [1.29, 1.82) is 0 Å². The van der Waals surface area contributed by atoms with E-state index in [1.807, 2.05) is 24.3 Å². The number of nitrogens with one attached hydrogen (secondary N) is 1. The van der Waals surface area contributed by atoms with E-state index in [0.29, 0.717) is 6.54 Å².